The van der Waals surface area contributed by atoms with Gasteiger partial charge in [0, 0.05) is 25.7 Å². The van der Waals surface area contributed by atoms with Gasteiger partial charge in [-0.1, -0.05) is 12.1 Å². The lowest BCUT2D eigenvalue weighted by Crippen LogP contribution is -2.62. The first-order valence-electron chi connectivity index (χ1n) is 12.4. The number of carbonyl (C=O) groups excluding carboxylic acids is 1. The van der Waals surface area contributed by atoms with E-state index < -0.39 is 11.0 Å². The second-order valence-corrected chi connectivity index (χ2v) is 11.1. The monoisotopic (exact) mass is 442 g/mol. The Balaban J connectivity index is 1.20. The number of ether oxygens (including phenoxy) is 2. The number of hydrogen-bond donors (Lipinski definition) is 2. The second-order valence-electron chi connectivity index (χ2n) is 11.1. The lowest BCUT2D eigenvalue weighted by atomic mass is 9.52. The number of morpholine rings is 1. The summed E-state index contributed by atoms with van der Waals surface area (Å²) in [4.78, 5) is 15.8. The molecule has 1 aromatic carbocycles. The number of carbonyl (C=O) groups is 1. The van der Waals surface area contributed by atoms with Gasteiger partial charge in [0.2, 0.25) is 5.91 Å². The molecular weight excluding hydrogens is 404 g/mol. The van der Waals surface area contributed by atoms with E-state index in [4.69, 9.17) is 9.47 Å². The number of nitrogens with zero attached hydrogens (tertiary/aromatic N) is 1. The molecule has 6 rings (SSSR count). The Morgan fingerprint density at radius 3 is 2.62 bits per heavy atom. The molecular formula is C26H38N2O4. The number of aliphatic hydroxyl groups is 1. The average Bonchev–Trinajstić information content (AvgIpc) is 2.76. The number of hydrogen-bond acceptors (Lipinski definition) is 5. The minimum atomic E-state index is -0.644. The SMILES string of the molecule is CC(C)(C(=O)NC1C2CC3CC1CC(O)(C3)C2)c1cccc(OCCN2CCOCC2)c1. The molecule has 176 valence electrons. The Hall–Kier alpha value is -1.63. The van der Waals surface area contributed by atoms with E-state index in [-0.39, 0.29) is 11.9 Å². The van der Waals surface area contributed by atoms with Gasteiger partial charge in [0.05, 0.1) is 24.2 Å². The van der Waals surface area contributed by atoms with Gasteiger partial charge in [0.25, 0.3) is 0 Å². The van der Waals surface area contributed by atoms with Crippen molar-refractivity contribution in [3.63, 3.8) is 0 Å². The quantitative estimate of drug-likeness (QED) is 0.680. The van der Waals surface area contributed by atoms with Gasteiger partial charge in [-0.15, -0.1) is 0 Å². The molecule has 1 saturated heterocycles. The van der Waals surface area contributed by atoms with Crippen LogP contribution in [-0.4, -0.2) is 67.0 Å². The van der Waals surface area contributed by atoms with Crippen LogP contribution < -0.4 is 10.1 Å². The molecule has 4 bridgehead atoms. The highest BCUT2D eigenvalue weighted by Gasteiger charge is 2.55. The van der Waals surface area contributed by atoms with E-state index in [1.54, 1.807) is 0 Å². The van der Waals surface area contributed by atoms with E-state index in [0.717, 1.165) is 76.3 Å². The van der Waals surface area contributed by atoms with Crippen LogP contribution in [0.5, 0.6) is 5.75 Å². The smallest absolute Gasteiger partial charge is 0.230 e. The van der Waals surface area contributed by atoms with Crippen LogP contribution in [0.2, 0.25) is 0 Å². The highest BCUT2D eigenvalue weighted by molar-refractivity contribution is 5.87. The molecule has 2 unspecified atom stereocenters. The zero-order chi connectivity index (χ0) is 22.3. The van der Waals surface area contributed by atoms with Crippen LogP contribution in [-0.2, 0) is 14.9 Å². The maximum absolute atomic E-state index is 13.4. The summed E-state index contributed by atoms with van der Waals surface area (Å²) in [6, 6.07) is 8.18. The molecule has 5 fully saturated rings. The van der Waals surface area contributed by atoms with Crippen LogP contribution in [0.15, 0.2) is 24.3 Å². The van der Waals surface area contributed by atoms with E-state index in [9.17, 15) is 9.90 Å². The molecule has 5 aliphatic rings. The Labute approximate surface area is 191 Å². The van der Waals surface area contributed by atoms with Crippen molar-refractivity contribution in [2.75, 3.05) is 39.5 Å². The van der Waals surface area contributed by atoms with Crippen LogP contribution in [0.1, 0.15) is 51.5 Å². The summed E-state index contributed by atoms with van der Waals surface area (Å²) in [5.41, 5.74) is -0.142. The Morgan fingerprint density at radius 2 is 1.94 bits per heavy atom. The Bertz CT molecular complexity index is 819. The predicted molar refractivity (Wildman–Crippen MR) is 123 cm³/mol. The first-order valence-corrected chi connectivity index (χ1v) is 12.4. The van der Waals surface area contributed by atoms with Gasteiger partial charge in [0.1, 0.15) is 12.4 Å². The molecule has 0 radical (unpaired) electrons. The van der Waals surface area contributed by atoms with E-state index >= 15 is 0 Å². The van der Waals surface area contributed by atoms with Crippen LogP contribution >= 0.6 is 0 Å². The summed E-state index contributed by atoms with van der Waals surface area (Å²) >= 11 is 0. The van der Waals surface area contributed by atoms with Crippen molar-refractivity contribution in [3.8, 4) is 5.75 Å². The van der Waals surface area contributed by atoms with Crippen molar-refractivity contribution in [1.82, 2.24) is 10.2 Å². The van der Waals surface area contributed by atoms with Crippen LogP contribution in [0, 0.1) is 17.8 Å². The maximum Gasteiger partial charge on any atom is 0.230 e. The van der Waals surface area contributed by atoms with Crippen molar-refractivity contribution in [2.24, 2.45) is 17.8 Å². The maximum atomic E-state index is 13.4. The highest BCUT2D eigenvalue weighted by Crippen LogP contribution is 2.55. The molecule has 1 aromatic rings. The largest absolute Gasteiger partial charge is 0.492 e. The van der Waals surface area contributed by atoms with Crippen LogP contribution in [0.25, 0.3) is 0 Å². The predicted octanol–water partition coefficient (Wildman–Crippen LogP) is 2.73. The highest BCUT2D eigenvalue weighted by atomic mass is 16.5. The molecule has 1 aliphatic heterocycles. The average molecular weight is 443 g/mol. The summed E-state index contributed by atoms with van der Waals surface area (Å²) < 4.78 is 11.4. The topological polar surface area (TPSA) is 71.0 Å². The standard InChI is InChI=1S/C26H38N2O4/c1-25(2,21-4-3-5-22(14-21)32-11-8-28-6-9-31-10-7-28)24(29)27-23-19-12-18-13-20(23)17-26(30,15-18)16-19/h3-5,14,18-20,23,30H,6-13,15-17H2,1-2H3,(H,27,29). The second kappa shape index (κ2) is 8.62. The van der Waals surface area contributed by atoms with Gasteiger partial charge in [0.15, 0.2) is 0 Å². The minimum absolute atomic E-state index is 0.0763. The van der Waals surface area contributed by atoms with E-state index in [2.05, 4.69) is 10.2 Å². The minimum Gasteiger partial charge on any atom is -0.492 e. The van der Waals surface area contributed by atoms with Gasteiger partial charge in [-0.05, 0) is 81.4 Å². The molecule has 1 heterocycles. The van der Waals surface area contributed by atoms with Crippen molar-refractivity contribution >= 4 is 5.91 Å². The molecule has 0 aromatic heterocycles. The van der Waals surface area contributed by atoms with Gasteiger partial charge in [-0.25, -0.2) is 0 Å². The molecule has 6 heteroatoms. The van der Waals surface area contributed by atoms with Crippen LogP contribution in [0.3, 0.4) is 0 Å². The molecule has 4 aliphatic carbocycles. The zero-order valence-corrected chi connectivity index (χ0v) is 19.5. The molecule has 4 saturated carbocycles. The van der Waals surface area contributed by atoms with Crippen molar-refractivity contribution in [1.29, 1.82) is 0 Å². The first kappa shape index (κ1) is 22.2. The Kier molecular flexibility index (Phi) is 5.97. The fourth-order valence-electron chi connectivity index (χ4n) is 6.77. The number of rotatable bonds is 7. The van der Waals surface area contributed by atoms with Gasteiger partial charge in [-0.3, -0.25) is 9.69 Å². The number of amides is 1. The fraction of sp³-hybridized carbons (Fsp3) is 0.731. The van der Waals surface area contributed by atoms with E-state index in [1.807, 2.05) is 38.1 Å². The third-order valence-electron chi connectivity index (χ3n) is 8.44. The molecule has 32 heavy (non-hydrogen) atoms. The fourth-order valence-corrected chi connectivity index (χ4v) is 6.77. The van der Waals surface area contributed by atoms with Gasteiger partial charge < -0.3 is 19.9 Å². The third-order valence-corrected chi connectivity index (χ3v) is 8.44. The molecule has 0 spiro atoms. The molecule has 6 nitrogen and oxygen atoms in total. The Morgan fingerprint density at radius 1 is 1.22 bits per heavy atom. The summed E-state index contributed by atoms with van der Waals surface area (Å²) in [6.45, 7) is 9.01. The molecule has 1 amide bonds. The third kappa shape index (κ3) is 4.42. The van der Waals surface area contributed by atoms with Gasteiger partial charge >= 0.3 is 0 Å². The normalized spacial score (nSPS) is 34.5. The molecule has 2 N–H and O–H groups in total. The number of benzene rings is 1. The van der Waals surface area contributed by atoms with Crippen molar-refractivity contribution < 1.29 is 19.4 Å². The zero-order valence-electron chi connectivity index (χ0n) is 19.5. The summed E-state index contributed by atoms with van der Waals surface area (Å²) in [6.07, 6.45) is 4.95. The van der Waals surface area contributed by atoms with E-state index in [1.165, 1.54) is 0 Å². The lowest BCUT2D eigenvalue weighted by Gasteiger charge is -2.58. The molecule has 2 atom stereocenters. The summed E-state index contributed by atoms with van der Waals surface area (Å²) in [7, 11) is 0. The van der Waals surface area contributed by atoms with Crippen molar-refractivity contribution in [3.05, 3.63) is 29.8 Å². The summed E-state index contributed by atoms with van der Waals surface area (Å²) in [5, 5.41) is 14.3. The summed E-state index contributed by atoms with van der Waals surface area (Å²) in [5.74, 6) is 2.37. The van der Waals surface area contributed by atoms with Crippen LogP contribution in [0.4, 0.5) is 0 Å². The van der Waals surface area contributed by atoms with Crippen molar-refractivity contribution in [2.45, 2.75) is 63.0 Å². The first-order chi connectivity index (χ1) is 15.3. The van der Waals surface area contributed by atoms with Gasteiger partial charge in [-0.2, -0.15) is 0 Å². The lowest BCUT2D eigenvalue weighted by molar-refractivity contribution is -0.148. The van der Waals surface area contributed by atoms with E-state index in [0.29, 0.717) is 24.4 Å². The number of nitrogens with one attached hydrogen (secondary N) is 1.